The number of aryl methyl sites for hydroxylation is 1. The van der Waals surface area contributed by atoms with E-state index in [9.17, 15) is 0 Å². The highest BCUT2D eigenvalue weighted by molar-refractivity contribution is 5.52. The minimum atomic E-state index is 0.288. The van der Waals surface area contributed by atoms with Crippen molar-refractivity contribution in [1.82, 2.24) is 9.97 Å². The Morgan fingerprint density at radius 1 is 1.11 bits per heavy atom. The first kappa shape index (κ1) is 11.7. The smallest absolute Gasteiger partial charge is 0.134 e. The molecular formula is C13H21N5. The maximum Gasteiger partial charge on any atom is 0.134 e. The second-order valence-electron chi connectivity index (χ2n) is 5.32. The summed E-state index contributed by atoms with van der Waals surface area (Å²) in [6, 6.07) is 2.41. The van der Waals surface area contributed by atoms with Gasteiger partial charge in [0.2, 0.25) is 0 Å². The van der Waals surface area contributed by atoms with Crippen molar-refractivity contribution in [2.24, 2.45) is 5.73 Å². The average molecular weight is 247 g/mol. The van der Waals surface area contributed by atoms with Crippen LogP contribution in [0, 0.1) is 6.92 Å². The molecule has 0 amide bonds. The molecule has 2 fully saturated rings. The Hall–Kier alpha value is -1.36. The zero-order valence-electron chi connectivity index (χ0n) is 11.0. The summed E-state index contributed by atoms with van der Waals surface area (Å²) in [6.07, 6.45) is 3.60. The zero-order chi connectivity index (χ0) is 12.5. The van der Waals surface area contributed by atoms with Gasteiger partial charge in [0.25, 0.3) is 0 Å². The Balaban J connectivity index is 1.85. The number of anilines is 2. The lowest BCUT2D eigenvalue weighted by atomic mass is 10.3. The second-order valence-corrected chi connectivity index (χ2v) is 5.32. The molecule has 18 heavy (non-hydrogen) atoms. The molecule has 0 bridgehead atoms. The van der Waals surface area contributed by atoms with Crippen molar-refractivity contribution in [3.63, 3.8) is 0 Å². The van der Waals surface area contributed by atoms with Crippen LogP contribution in [0.2, 0.25) is 0 Å². The van der Waals surface area contributed by atoms with Gasteiger partial charge in [-0.25, -0.2) is 9.97 Å². The first-order valence-corrected chi connectivity index (χ1v) is 6.83. The normalized spacial score (nSPS) is 24.0. The molecule has 1 unspecified atom stereocenters. The van der Waals surface area contributed by atoms with Crippen LogP contribution in [0.3, 0.4) is 0 Å². The number of nitrogens with two attached hydrogens (primary N) is 1. The van der Waals surface area contributed by atoms with E-state index in [1.807, 2.05) is 6.92 Å². The van der Waals surface area contributed by atoms with E-state index in [0.29, 0.717) is 0 Å². The molecule has 0 radical (unpaired) electrons. The lowest BCUT2D eigenvalue weighted by molar-refractivity contribution is 0.751. The van der Waals surface area contributed by atoms with Crippen LogP contribution in [-0.4, -0.2) is 42.2 Å². The van der Waals surface area contributed by atoms with Crippen LogP contribution in [-0.2, 0) is 0 Å². The van der Waals surface area contributed by atoms with Gasteiger partial charge in [-0.2, -0.15) is 0 Å². The molecule has 3 rings (SSSR count). The number of hydrogen-bond donors (Lipinski definition) is 1. The van der Waals surface area contributed by atoms with Gasteiger partial charge in [0.1, 0.15) is 17.5 Å². The van der Waals surface area contributed by atoms with Gasteiger partial charge >= 0.3 is 0 Å². The molecule has 0 spiro atoms. The van der Waals surface area contributed by atoms with E-state index in [2.05, 4.69) is 25.8 Å². The van der Waals surface area contributed by atoms with Crippen molar-refractivity contribution < 1.29 is 0 Å². The van der Waals surface area contributed by atoms with Crippen LogP contribution in [0.5, 0.6) is 0 Å². The van der Waals surface area contributed by atoms with E-state index < -0.39 is 0 Å². The minimum absolute atomic E-state index is 0.288. The molecule has 2 aliphatic heterocycles. The molecule has 0 saturated carbocycles. The van der Waals surface area contributed by atoms with E-state index >= 15 is 0 Å². The number of rotatable bonds is 2. The van der Waals surface area contributed by atoms with Gasteiger partial charge in [0.05, 0.1) is 0 Å². The molecule has 1 atom stereocenters. The molecule has 5 nitrogen and oxygen atoms in total. The predicted molar refractivity (Wildman–Crippen MR) is 73.0 cm³/mol. The summed E-state index contributed by atoms with van der Waals surface area (Å²) >= 11 is 0. The molecule has 3 heterocycles. The molecule has 2 saturated heterocycles. The van der Waals surface area contributed by atoms with Crippen molar-refractivity contribution in [2.75, 3.05) is 36.0 Å². The predicted octanol–water partition coefficient (Wildman–Crippen LogP) is 0.923. The van der Waals surface area contributed by atoms with Crippen LogP contribution in [0.4, 0.5) is 11.6 Å². The molecule has 1 aromatic heterocycles. The first-order valence-electron chi connectivity index (χ1n) is 6.83. The van der Waals surface area contributed by atoms with Crippen molar-refractivity contribution >= 4 is 11.6 Å². The third kappa shape index (κ3) is 2.27. The van der Waals surface area contributed by atoms with Gasteiger partial charge in [0.15, 0.2) is 0 Å². The van der Waals surface area contributed by atoms with Crippen molar-refractivity contribution in [2.45, 2.75) is 32.2 Å². The van der Waals surface area contributed by atoms with E-state index in [1.54, 1.807) is 0 Å². The zero-order valence-corrected chi connectivity index (χ0v) is 11.0. The van der Waals surface area contributed by atoms with Crippen molar-refractivity contribution in [1.29, 1.82) is 0 Å². The van der Waals surface area contributed by atoms with Crippen LogP contribution in [0.15, 0.2) is 6.07 Å². The molecule has 0 aliphatic carbocycles. The van der Waals surface area contributed by atoms with Crippen LogP contribution in [0.25, 0.3) is 0 Å². The topological polar surface area (TPSA) is 58.3 Å². The highest BCUT2D eigenvalue weighted by Gasteiger charge is 2.22. The number of nitrogens with zero attached hydrogens (tertiary/aromatic N) is 4. The molecule has 1 aromatic rings. The van der Waals surface area contributed by atoms with E-state index in [0.717, 1.165) is 50.1 Å². The highest BCUT2D eigenvalue weighted by Crippen LogP contribution is 2.24. The Kier molecular flexibility index (Phi) is 3.07. The summed E-state index contributed by atoms with van der Waals surface area (Å²) in [7, 11) is 0. The molecule has 98 valence electrons. The average Bonchev–Trinajstić information content (AvgIpc) is 2.98. The van der Waals surface area contributed by atoms with Gasteiger partial charge in [-0.05, 0) is 26.2 Å². The van der Waals surface area contributed by atoms with E-state index in [-0.39, 0.29) is 6.04 Å². The quantitative estimate of drug-likeness (QED) is 0.842. The SMILES string of the molecule is Cc1nc(N2CCCC2)cc(N2CCC(N)C2)n1. The summed E-state index contributed by atoms with van der Waals surface area (Å²) in [5.74, 6) is 2.97. The van der Waals surface area contributed by atoms with Crippen LogP contribution >= 0.6 is 0 Å². The number of aromatic nitrogens is 2. The highest BCUT2D eigenvalue weighted by atomic mass is 15.3. The minimum Gasteiger partial charge on any atom is -0.356 e. The van der Waals surface area contributed by atoms with E-state index in [1.165, 1.54) is 12.8 Å². The second kappa shape index (κ2) is 4.72. The Morgan fingerprint density at radius 2 is 1.78 bits per heavy atom. The van der Waals surface area contributed by atoms with E-state index in [4.69, 9.17) is 5.73 Å². The molecule has 2 N–H and O–H groups in total. The van der Waals surface area contributed by atoms with Gasteiger partial charge in [0, 0.05) is 38.3 Å². The summed E-state index contributed by atoms with van der Waals surface area (Å²) in [6.45, 7) is 6.14. The third-order valence-electron chi connectivity index (χ3n) is 3.79. The molecule has 0 aromatic carbocycles. The monoisotopic (exact) mass is 247 g/mol. The lowest BCUT2D eigenvalue weighted by Gasteiger charge is -2.21. The standard InChI is InChI=1S/C13H21N5/c1-10-15-12(17-5-2-3-6-17)8-13(16-10)18-7-4-11(14)9-18/h8,11H,2-7,9,14H2,1H3. The first-order chi connectivity index (χ1) is 8.72. The van der Waals surface area contributed by atoms with Gasteiger partial charge in [-0.1, -0.05) is 0 Å². The summed E-state index contributed by atoms with van der Waals surface area (Å²) in [5, 5.41) is 0. The Morgan fingerprint density at radius 3 is 2.39 bits per heavy atom. The summed E-state index contributed by atoms with van der Waals surface area (Å²) in [5.41, 5.74) is 5.97. The van der Waals surface area contributed by atoms with Crippen LogP contribution in [0.1, 0.15) is 25.1 Å². The fourth-order valence-electron chi connectivity index (χ4n) is 2.80. The summed E-state index contributed by atoms with van der Waals surface area (Å²) in [4.78, 5) is 13.7. The van der Waals surface area contributed by atoms with Gasteiger partial charge in [-0.3, -0.25) is 0 Å². The van der Waals surface area contributed by atoms with Crippen molar-refractivity contribution in [3.8, 4) is 0 Å². The van der Waals surface area contributed by atoms with Crippen LogP contribution < -0.4 is 15.5 Å². The fraction of sp³-hybridized carbons (Fsp3) is 0.692. The Labute approximate surface area is 108 Å². The maximum atomic E-state index is 5.97. The number of hydrogen-bond acceptors (Lipinski definition) is 5. The third-order valence-corrected chi connectivity index (χ3v) is 3.79. The van der Waals surface area contributed by atoms with Gasteiger partial charge in [-0.15, -0.1) is 0 Å². The van der Waals surface area contributed by atoms with Gasteiger partial charge < -0.3 is 15.5 Å². The lowest BCUT2D eigenvalue weighted by Crippen LogP contribution is -2.28. The molecular weight excluding hydrogens is 226 g/mol. The molecule has 2 aliphatic rings. The summed E-state index contributed by atoms with van der Waals surface area (Å²) < 4.78 is 0. The van der Waals surface area contributed by atoms with Crippen molar-refractivity contribution in [3.05, 3.63) is 11.9 Å². The largest absolute Gasteiger partial charge is 0.356 e. The molecule has 5 heteroatoms. The fourth-order valence-corrected chi connectivity index (χ4v) is 2.80. The maximum absolute atomic E-state index is 5.97. The Bertz CT molecular complexity index is 427.